The molecule has 32 heavy (non-hydrogen) atoms. The Hall–Kier alpha value is 0.630. The van der Waals surface area contributed by atoms with Crippen LogP contribution in [0.15, 0.2) is 0 Å². The van der Waals surface area contributed by atoms with Crippen LogP contribution in [-0.2, 0) is 22.8 Å². The molecule has 0 aromatic rings. The van der Waals surface area contributed by atoms with Crippen LogP contribution >= 0.6 is 38.0 Å². The maximum absolute atomic E-state index is 12.3. The van der Waals surface area contributed by atoms with Gasteiger partial charge >= 0.3 is 38.0 Å². The fraction of sp³-hybridized carbons (Fsp3) is 1.00. The fourth-order valence-corrected chi connectivity index (χ4v) is 8.40. The van der Waals surface area contributed by atoms with Crippen molar-refractivity contribution in [2.24, 2.45) is 0 Å². The lowest BCUT2D eigenvalue weighted by atomic mass is 10.6. The van der Waals surface area contributed by atoms with Crippen molar-refractivity contribution in [2.75, 3.05) is 31.9 Å². The van der Waals surface area contributed by atoms with Gasteiger partial charge in [-0.1, -0.05) is 13.8 Å². The molecule has 0 aromatic carbocycles. The Bertz CT molecular complexity index is 797. The Morgan fingerprint density at radius 2 is 0.781 bits per heavy atom. The molecule has 0 bridgehead atoms. The van der Waals surface area contributed by atoms with Crippen molar-refractivity contribution in [3.05, 3.63) is 0 Å². The number of hydrogen-bond acceptors (Lipinski definition) is 8. The smallest absolute Gasteiger partial charge is 0.324 e. The number of rotatable bonds is 14. The molecule has 0 fully saturated rings. The summed E-state index contributed by atoms with van der Waals surface area (Å²) in [4.78, 5) is 95.7. The molecule has 0 heterocycles. The van der Waals surface area contributed by atoms with E-state index in [0.29, 0.717) is 9.80 Å². The van der Waals surface area contributed by atoms with E-state index in [1.165, 1.54) is 0 Å². The molecule has 2 atom stereocenters. The molecule has 0 radical (unpaired) electrons. The monoisotopic (exact) mass is 573 g/mol. The Morgan fingerprint density at radius 3 is 0.938 bits per heavy atom. The molecule has 0 saturated heterocycles. The molecular weight excluding hydrogens is 545 g/mol. The van der Waals surface area contributed by atoms with Crippen LogP contribution in [0.4, 0.5) is 0 Å². The van der Waals surface area contributed by atoms with E-state index in [0.717, 1.165) is 13.8 Å². The van der Waals surface area contributed by atoms with E-state index < -0.39 is 81.7 Å². The van der Waals surface area contributed by atoms with Gasteiger partial charge in [-0.3, -0.25) is 32.6 Å². The van der Waals surface area contributed by atoms with Gasteiger partial charge in [-0.25, -0.2) is 4.90 Å². The van der Waals surface area contributed by atoms with Gasteiger partial charge in [0.2, 0.25) is 0 Å². The molecule has 2 unspecified atom stereocenters. The summed E-state index contributed by atoms with van der Waals surface area (Å²) >= 11 is 0. The third kappa shape index (κ3) is 11.9. The van der Waals surface area contributed by atoms with Crippen LogP contribution in [0, 0.1) is 0 Å². The first-order valence-corrected chi connectivity index (χ1v) is 17.2. The first-order chi connectivity index (χ1) is 13.9. The molecule has 0 spiro atoms. The summed E-state index contributed by atoms with van der Waals surface area (Å²) in [5, 5.41) is 0. The lowest BCUT2D eigenvalue weighted by Crippen LogP contribution is -2.58. The molecular formula is C9H28N3O15P5. The van der Waals surface area contributed by atoms with Gasteiger partial charge in [-0.15, -0.1) is 0 Å². The zero-order valence-corrected chi connectivity index (χ0v) is 21.3. The molecule has 0 aliphatic rings. The summed E-state index contributed by atoms with van der Waals surface area (Å²) in [6.45, 7) is 1.15. The molecule has 10 N–H and O–H groups in total. The fourth-order valence-electron chi connectivity index (χ4n) is 2.86. The third-order valence-corrected chi connectivity index (χ3v) is 8.35. The van der Waals surface area contributed by atoms with Gasteiger partial charge in [0, 0.05) is 0 Å². The van der Waals surface area contributed by atoms with Crippen molar-refractivity contribution in [2.45, 2.75) is 25.7 Å². The van der Waals surface area contributed by atoms with Crippen LogP contribution in [-0.4, -0.2) is 107 Å². The van der Waals surface area contributed by atoms with Gasteiger partial charge in [0.1, 0.15) is 18.9 Å². The van der Waals surface area contributed by atoms with Crippen LogP contribution in [0.5, 0.6) is 0 Å². The summed E-state index contributed by atoms with van der Waals surface area (Å²) in [7, 11) is -26.9. The standard InChI is InChI=1S/C9H28N3O15P5/c1-3-10(5-28(13,14)15)8(31(22,23)24)12(7-30(19,20)21)9(32(25,26)27)11(4-2)6-29(16,17)18/h8-9H,3-7H2,1-2H3,(H2,13,14,15)(H2,16,17,18)(H2,19,20,21)(H2,22,23,24)(H2,25,26,27). The maximum atomic E-state index is 12.3. The Kier molecular flexibility index (Phi) is 11.8. The minimum Gasteiger partial charge on any atom is -0.324 e. The van der Waals surface area contributed by atoms with Crippen molar-refractivity contribution in [1.82, 2.24) is 14.7 Å². The summed E-state index contributed by atoms with van der Waals surface area (Å²) in [5.74, 6) is -5.40. The van der Waals surface area contributed by atoms with Crippen molar-refractivity contribution in [1.29, 1.82) is 0 Å². The zero-order valence-electron chi connectivity index (χ0n) is 16.8. The second-order valence-corrected chi connectivity index (χ2v) is 14.7. The van der Waals surface area contributed by atoms with Crippen LogP contribution in [0.1, 0.15) is 13.8 Å². The van der Waals surface area contributed by atoms with Crippen molar-refractivity contribution >= 4 is 38.0 Å². The summed E-state index contributed by atoms with van der Waals surface area (Å²) in [5.41, 5.74) is 0. The first kappa shape index (κ1) is 32.6. The second kappa shape index (κ2) is 11.6. The molecule has 0 saturated carbocycles. The van der Waals surface area contributed by atoms with Gasteiger partial charge in [-0.05, 0) is 13.1 Å². The first-order valence-electron chi connectivity index (χ1n) is 8.41. The lowest BCUT2D eigenvalue weighted by molar-refractivity contribution is 0.0234. The van der Waals surface area contributed by atoms with Gasteiger partial charge < -0.3 is 48.9 Å². The van der Waals surface area contributed by atoms with E-state index in [-0.39, 0.29) is 4.90 Å². The number of hydrogen-bond donors (Lipinski definition) is 10. The van der Waals surface area contributed by atoms with E-state index in [9.17, 15) is 71.8 Å². The van der Waals surface area contributed by atoms with E-state index in [4.69, 9.17) is 0 Å². The topological polar surface area (TPSA) is 297 Å². The summed E-state index contributed by atoms with van der Waals surface area (Å²) in [6, 6.07) is 0. The van der Waals surface area contributed by atoms with E-state index in [1.807, 2.05) is 0 Å². The predicted octanol–water partition coefficient (Wildman–Crippen LogP) is -1.74. The average molecular weight is 573 g/mol. The van der Waals surface area contributed by atoms with Crippen LogP contribution in [0.2, 0.25) is 0 Å². The highest BCUT2D eigenvalue weighted by atomic mass is 31.2. The van der Waals surface area contributed by atoms with Crippen molar-refractivity contribution in [3.8, 4) is 0 Å². The predicted molar refractivity (Wildman–Crippen MR) is 109 cm³/mol. The van der Waals surface area contributed by atoms with Crippen LogP contribution in [0.3, 0.4) is 0 Å². The molecule has 18 nitrogen and oxygen atoms in total. The second-order valence-electron chi connectivity index (χ2n) is 6.61. The van der Waals surface area contributed by atoms with E-state index >= 15 is 0 Å². The largest absolute Gasteiger partial charge is 0.357 e. The van der Waals surface area contributed by atoms with Crippen molar-refractivity contribution in [3.63, 3.8) is 0 Å². The Morgan fingerprint density at radius 1 is 0.531 bits per heavy atom. The molecule has 0 aliphatic heterocycles. The normalized spacial score (nSPS) is 16.7. The Labute approximate surface area is 182 Å². The summed E-state index contributed by atoms with van der Waals surface area (Å²) < 4.78 is 59.1. The van der Waals surface area contributed by atoms with Gasteiger partial charge in [0.25, 0.3) is 0 Å². The zero-order chi connectivity index (χ0) is 25.9. The molecule has 0 aromatic heterocycles. The highest BCUT2D eigenvalue weighted by Crippen LogP contribution is 2.56. The lowest BCUT2D eigenvalue weighted by Gasteiger charge is -2.45. The minimum absolute atomic E-state index is 0.0827. The van der Waals surface area contributed by atoms with E-state index in [2.05, 4.69) is 0 Å². The van der Waals surface area contributed by atoms with Gasteiger partial charge in [0.05, 0.1) is 0 Å². The van der Waals surface area contributed by atoms with E-state index in [1.54, 1.807) is 0 Å². The SMILES string of the molecule is CCN(CP(=O)(O)O)C(N(CP(=O)(O)O)C(N(CC)CP(=O)(O)O)P(=O)(O)O)P(=O)(O)O. The van der Waals surface area contributed by atoms with Crippen LogP contribution < -0.4 is 0 Å². The van der Waals surface area contributed by atoms with Gasteiger partial charge in [-0.2, -0.15) is 0 Å². The molecule has 0 amide bonds. The third-order valence-electron chi connectivity index (χ3n) is 3.74. The molecule has 194 valence electrons. The highest BCUT2D eigenvalue weighted by molar-refractivity contribution is 7.55. The quantitative estimate of drug-likeness (QED) is 0.0814. The van der Waals surface area contributed by atoms with Crippen LogP contribution in [0.25, 0.3) is 0 Å². The molecule has 0 rings (SSSR count). The van der Waals surface area contributed by atoms with Crippen molar-refractivity contribution < 1.29 is 71.8 Å². The maximum Gasteiger partial charge on any atom is 0.357 e. The Balaban J connectivity index is 7.06. The molecule has 23 heteroatoms. The average Bonchev–Trinajstić information content (AvgIpc) is 2.46. The number of nitrogens with zero attached hydrogens (tertiary/aromatic N) is 3. The summed E-state index contributed by atoms with van der Waals surface area (Å²) in [6.07, 6.45) is -4.50. The minimum atomic E-state index is -5.70. The van der Waals surface area contributed by atoms with Gasteiger partial charge in [0.15, 0.2) is 11.8 Å². The molecule has 0 aliphatic carbocycles. The highest BCUT2D eigenvalue weighted by Gasteiger charge is 2.52.